The van der Waals surface area contributed by atoms with Gasteiger partial charge in [-0.25, -0.2) is 0 Å². The molecule has 2 fully saturated rings. The minimum absolute atomic E-state index is 0.205. The lowest BCUT2D eigenvalue weighted by molar-refractivity contribution is -0.0498. The fraction of sp³-hybridized carbons (Fsp3) is 0.600. The summed E-state index contributed by atoms with van der Waals surface area (Å²) >= 11 is 0. The molecule has 3 nitrogen and oxygen atoms in total. The highest BCUT2D eigenvalue weighted by molar-refractivity contribution is 5.47. The van der Waals surface area contributed by atoms with E-state index in [-0.39, 0.29) is 5.75 Å². The molecule has 0 amide bonds. The van der Waals surface area contributed by atoms with Crippen LogP contribution >= 0.6 is 0 Å². The Balaban J connectivity index is 1.55. The van der Waals surface area contributed by atoms with Gasteiger partial charge >= 0.3 is 6.61 Å². The van der Waals surface area contributed by atoms with Crippen LogP contribution in [0.4, 0.5) is 14.5 Å². The molecule has 2 aliphatic heterocycles. The summed E-state index contributed by atoms with van der Waals surface area (Å²) in [5.74, 6) is 0.205. The van der Waals surface area contributed by atoms with Crippen LogP contribution in [-0.2, 0) is 0 Å². The van der Waals surface area contributed by atoms with Crippen molar-refractivity contribution in [3.63, 3.8) is 0 Å². The molecule has 0 saturated carbocycles. The number of fused-ring (bicyclic) bond motifs is 1. The molecule has 3 rings (SSSR count). The van der Waals surface area contributed by atoms with Crippen LogP contribution < -0.4 is 10.1 Å². The summed E-state index contributed by atoms with van der Waals surface area (Å²) in [6.07, 6.45) is 4.94. The Morgan fingerprint density at radius 1 is 1.15 bits per heavy atom. The summed E-state index contributed by atoms with van der Waals surface area (Å²) in [5.41, 5.74) is 0.975. The van der Waals surface area contributed by atoms with Crippen LogP contribution in [-0.4, -0.2) is 36.7 Å². The van der Waals surface area contributed by atoms with E-state index < -0.39 is 6.61 Å². The molecule has 2 heterocycles. The van der Waals surface area contributed by atoms with Crippen LogP contribution in [0.5, 0.6) is 5.75 Å². The van der Waals surface area contributed by atoms with Gasteiger partial charge in [0.25, 0.3) is 0 Å². The van der Waals surface area contributed by atoms with Gasteiger partial charge in [-0.2, -0.15) is 8.78 Å². The smallest absolute Gasteiger partial charge is 0.387 e. The van der Waals surface area contributed by atoms with Gasteiger partial charge in [-0.15, -0.1) is 0 Å². The number of hydrogen-bond acceptors (Lipinski definition) is 3. The van der Waals surface area contributed by atoms with E-state index in [9.17, 15) is 8.78 Å². The first-order chi connectivity index (χ1) is 9.70. The summed E-state index contributed by atoms with van der Waals surface area (Å²) in [4.78, 5) is 2.58. The summed E-state index contributed by atoms with van der Waals surface area (Å²) in [6, 6.07) is 7.98. The molecular weight excluding hydrogens is 262 g/mol. The van der Waals surface area contributed by atoms with Crippen LogP contribution in [0.25, 0.3) is 0 Å². The van der Waals surface area contributed by atoms with Gasteiger partial charge in [-0.1, -0.05) is 0 Å². The number of rotatable bonds is 4. The molecule has 2 saturated heterocycles. The topological polar surface area (TPSA) is 24.5 Å². The molecule has 1 aromatic carbocycles. The third-order valence-electron chi connectivity index (χ3n) is 4.27. The number of nitrogens with zero attached hydrogens (tertiary/aromatic N) is 1. The first-order valence-corrected chi connectivity index (χ1v) is 7.26. The predicted molar refractivity (Wildman–Crippen MR) is 74.3 cm³/mol. The zero-order chi connectivity index (χ0) is 13.9. The number of halogens is 2. The maximum Gasteiger partial charge on any atom is 0.387 e. The molecule has 1 aromatic rings. The van der Waals surface area contributed by atoms with Crippen molar-refractivity contribution >= 4 is 5.69 Å². The molecule has 2 aliphatic rings. The number of ether oxygens (including phenoxy) is 1. The summed E-state index contributed by atoms with van der Waals surface area (Å²) in [5, 5.41) is 3.50. The molecule has 0 aromatic heterocycles. The van der Waals surface area contributed by atoms with Crippen molar-refractivity contribution in [2.45, 2.75) is 44.4 Å². The van der Waals surface area contributed by atoms with Crippen LogP contribution in [0.15, 0.2) is 24.3 Å². The Bertz CT molecular complexity index is 438. The number of nitrogens with one attached hydrogen (secondary N) is 1. The van der Waals surface area contributed by atoms with Crippen LogP contribution in [0.3, 0.4) is 0 Å². The third-order valence-corrected chi connectivity index (χ3v) is 4.27. The highest BCUT2D eigenvalue weighted by Crippen LogP contribution is 2.29. The van der Waals surface area contributed by atoms with Gasteiger partial charge in [-0.05, 0) is 56.5 Å². The Morgan fingerprint density at radius 3 is 2.70 bits per heavy atom. The highest BCUT2D eigenvalue weighted by Gasteiger charge is 2.31. The largest absolute Gasteiger partial charge is 0.435 e. The van der Waals surface area contributed by atoms with Crippen LogP contribution in [0.1, 0.15) is 25.7 Å². The standard InChI is InChI=1S/C15H20F2N2O/c16-15(17)20-14-5-3-11(4-6-14)18-12-7-9-19-8-1-2-13(19)10-12/h3-6,12-13,15,18H,1-2,7-10H2. The highest BCUT2D eigenvalue weighted by atomic mass is 19.3. The van der Waals surface area contributed by atoms with Crippen molar-refractivity contribution < 1.29 is 13.5 Å². The maximum absolute atomic E-state index is 12.1. The minimum Gasteiger partial charge on any atom is -0.435 e. The molecular formula is C15H20F2N2O. The number of hydrogen-bond donors (Lipinski definition) is 1. The summed E-state index contributed by atoms with van der Waals surface area (Å²) < 4.78 is 28.5. The second-order valence-electron chi connectivity index (χ2n) is 5.60. The van der Waals surface area contributed by atoms with Gasteiger partial charge in [0, 0.05) is 24.3 Å². The van der Waals surface area contributed by atoms with E-state index in [0.29, 0.717) is 6.04 Å². The van der Waals surface area contributed by atoms with Gasteiger partial charge in [-0.3, -0.25) is 0 Å². The molecule has 2 unspecified atom stereocenters. The molecule has 5 heteroatoms. The van der Waals surface area contributed by atoms with Gasteiger partial charge in [0.1, 0.15) is 5.75 Å². The minimum atomic E-state index is -2.76. The Hall–Kier alpha value is -1.36. The van der Waals surface area contributed by atoms with E-state index in [1.807, 2.05) is 0 Å². The third kappa shape index (κ3) is 3.20. The van der Waals surface area contributed by atoms with Crippen LogP contribution in [0.2, 0.25) is 0 Å². The second-order valence-corrected chi connectivity index (χ2v) is 5.60. The van der Waals surface area contributed by atoms with Gasteiger partial charge in [0.15, 0.2) is 0 Å². The first kappa shape index (κ1) is 13.6. The van der Waals surface area contributed by atoms with Gasteiger partial charge < -0.3 is 15.0 Å². The Kier molecular flexibility index (Phi) is 4.05. The fourth-order valence-electron chi connectivity index (χ4n) is 3.32. The number of benzene rings is 1. The molecule has 1 N–H and O–H groups in total. The van der Waals surface area contributed by atoms with E-state index in [2.05, 4.69) is 15.0 Å². The average Bonchev–Trinajstić information content (AvgIpc) is 2.88. The zero-order valence-electron chi connectivity index (χ0n) is 11.4. The van der Waals surface area contributed by atoms with E-state index in [0.717, 1.165) is 24.7 Å². The molecule has 110 valence electrons. The van der Waals surface area contributed by atoms with Crippen molar-refractivity contribution in [2.24, 2.45) is 0 Å². The van der Waals surface area contributed by atoms with Gasteiger partial charge in [0.2, 0.25) is 0 Å². The summed E-state index contributed by atoms with van der Waals surface area (Å²) in [6.45, 7) is -0.355. The van der Waals surface area contributed by atoms with Crippen molar-refractivity contribution in [1.29, 1.82) is 0 Å². The number of alkyl halides is 2. The Morgan fingerprint density at radius 2 is 1.95 bits per heavy atom. The molecule has 2 atom stereocenters. The molecule has 0 bridgehead atoms. The van der Waals surface area contributed by atoms with Gasteiger partial charge in [0.05, 0.1) is 0 Å². The SMILES string of the molecule is FC(F)Oc1ccc(NC2CCN3CCCC3C2)cc1. The maximum atomic E-state index is 12.1. The lowest BCUT2D eigenvalue weighted by Crippen LogP contribution is -2.42. The molecule has 0 spiro atoms. The van der Waals surface area contributed by atoms with Crippen molar-refractivity contribution in [3.05, 3.63) is 24.3 Å². The number of anilines is 1. The Labute approximate surface area is 117 Å². The van der Waals surface area contributed by atoms with E-state index in [4.69, 9.17) is 0 Å². The van der Waals surface area contributed by atoms with Crippen molar-refractivity contribution in [1.82, 2.24) is 4.90 Å². The van der Waals surface area contributed by atoms with Crippen molar-refractivity contribution in [2.75, 3.05) is 18.4 Å². The second kappa shape index (κ2) is 5.95. The lowest BCUT2D eigenvalue weighted by Gasteiger charge is -2.35. The lowest BCUT2D eigenvalue weighted by atomic mass is 9.97. The summed E-state index contributed by atoms with van der Waals surface area (Å²) in [7, 11) is 0. The molecule has 0 radical (unpaired) electrons. The molecule has 0 aliphatic carbocycles. The zero-order valence-corrected chi connectivity index (χ0v) is 11.4. The van der Waals surface area contributed by atoms with E-state index in [1.165, 1.54) is 25.8 Å². The quantitative estimate of drug-likeness (QED) is 0.916. The van der Waals surface area contributed by atoms with E-state index >= 15 is 0 Å². The first-order valence-electron chi connectivity index (χ1n) is 7.26. The monoisotopic (exact) mass is 282 g/mol. The van der Waals surface area contributed by atoms with E-state index in [1.54, 1.807) is 24.3 Å². The average molecular weight is 282 g/mol. The molecule has 20 heavy (non-hydrogen) atoms. The fourth-order valence-corrected chi connectivity index (χ4v) is 3.32. The predicted octanol–water partition coefficient (Wildman–Crippen LogP) is 3.33. The number of piperidine rings is 1. The van der Waals surface area contributed by atoms with Crippen LogP contribution in [0, 0.1) is 0 Å². The normalized spacial score (nSPS) is 26.6. The van der Waals surface area contributed by atoms with Crippen molar-refractivity contribution in [3.8, 4) is 5.75 Å².